The van der Waals surface area contributed by atoms with Crippen LogP contribution in [-0.2, 0) is 9.53 Å². The van der Waals surface area contributed by atoms with E-state index in [1.54, 1.807) is 13.0 Å². The maximum Gasteiger partial charge on any atom is 0.343 e. The third-order valence-electron chi connectivity index (χ3n) is 2.35. The average molecular weight is 299 g/mol. The highest BCUT2D eigenvalue weighted by Crippen LogP contribution is 2.25. The Labute approximate surface area is 107 Å². The highest BCUT2D eigenvalue weighted by Gasteiger charge is 2.28. The van der Waals surface area contributed by atoms with Crippen molar-refractivity contribution in [3.8, 4) is 0 Å². The molecule has 0 saturated heterocycles. The zero-order chi connectivity index (χ0) is 12.4. The van der Waals surface area contributed by atoms with Crippen molar-refractivity contribution in [2.45, 2.75) is 13.0 Å². The van der Waals surface area contributed by atoms with Gasteiger partial charge in [-0.15, -0.1) is 0 Å². The topological polar surface area (TPSA) is 70.9 Å². The lowest BCUT2D eigenvalue weighted by molar-refractivity contribution is -0.138. The summed E-state index contributed by atoms with van der Waals surface area (Å²) in [4.78, 5) is 15.7. The monoisotopic (exact) mass is 298 g/mol. The number of rotatable bonds is 2. The number of carbonyl (C=O) groups is 1. The van der Waals surface area contributed by atoms with Crippen LogP contribution in [0.15, 0.2) is 40.4 Å². The van der Waals surface area contributed by atoms with E-state index in [9.17, 15) is 9.90 Å². The highest BCUT2D eigenvalue weighted by molar-refractivity contribution is 9.18. The Balaban J connectivity index is 2.33. The third-order valence-corrected chi connectivity index (χ3v) is 2.79. The molecule has 0 aromatic heterocycles. The Morgan fingerprint density at radius 2 is 2.47 bits per heavy atom. The lowest BCUT2D eigenvalue weighted by Crippen LogP contribution is -2.33. The lowest BCUT2D eigenvalue weighted by Gasteiger charge is -2.24. The molecule has 0 amide bonds. The molecule has 0 aliphatic carbocycles. The second-order valence-electron chi connectivity index (χ2n) is 3.45. The standard InChI is InChI=1S/C11H11BrN2O3/c1-2-17-11(16)6-5-13-7-3-4-8(12)14-9(7)10(6)15/h3-5,7,13,15H,2H2,1H3. The summed E-state index contributed by atoms with van der Waals surface area (Å²) in [6, 6.07) is -0.213. The van der Waals surface area contributed by atoms with Crippen molar-refractivity contribution in [3.05, 3.63) is 35.4 Å². The fourth-order valence-electron chi connectivity index (χ4n) is 1.57. The molecule has 0 aromatic rings. The number of aliphatic imine (C=N–C) groups is 1. The number of esters is 1. The van der Waals surface area contributed by atoms with Gasteiger partial charge < -0.3 is 15.2 Å². The number of nitrogens with one attached hydrogen (secondary N) is 1. The zero-order valence-electron chi connectivity index (χ0n) is 9.11. The summed E-state index contributed by atoms with van der Waals surface area (Å²) in [7, 11) is 0. The van der Waals surface area contributed by atoms with Crippen LogP contribution in [0.2, 0.25) is 0 Å². The van der Waals surface area contributed by atoms with E-state index in [0.29, 0.717) is 10.3 Å². The minimum Gasteiger partial charge on any atom is -0.505 e. The number of aliphatic hydroxyl groups is 1. The van der Waals surface area contributed by atoms with Gasteiger partial charge >= 0.3 is 5.97 Å². The Morgan fingerprint density at radius 1 is 1.71 bits per heavy atom. The van der Waals surface area contributed by atoms with Crippen LogP contribution in [0, 0.1) is 0 Å². The van der Waals surface area contributed by atoms with Gasteiger partial charge in [0.05, 0.1) is 12.6 Å². The summed E-state index contributed by atoms with van der Waals surface area (Å²) in [6.07, 6.45) is 5.05. The number of dihydropyridines is 2. The van der Waals surface area contributed by atoms with Gasteiger partial charge in [-0.3, -0.25) is 0 Å². The second kappa shape index (κ2) is 4.75. The van der Waals surface area contributed by atoms with Gasteiger partial charge in [0.1, 0.15) is 15.9 Å². The molecule has 1 atom stereocenters. The molecule has 90 valence electrons. The fraction of sp³-hybridized carbons (Fsp3) is 0.273. The van der Waals surface area contributed by atoms with Gasteiger partial charge in [-0.25, -0.2) is 9.79 Å². The molecule has 0 aromatic carbocycles. The molecule has 1 unspecified atom stereocenters. The van der Waals surface area contributed by atoms with Crippen molar-refractivity contribution in [2.24, 2.45) is 4.99 Å². The predicted octanol–water partition coefficient (Wildman–Crippen LogP) is 1.54. The summed E-state index contributed by atoms with van der Waals surface area (Å²) < 4.78 is 5.44. The predicted molar refractivity (Wildman–Crippen MR) is 66.8 cm³/mol. The van der Waals surface area contributed by atoms with Crippen LogP contribution >= 0.6 is 15.9 Å². The van der Waals surface area contributed by atoms with E-state index < -0.39 is 5.97 Å². The molecule has 0 spiro atoms. The molecule has 0 radical (unpaired) electrons. The summed E-state index contributed by atoms with van der Waals surface area (Å²) >= 11 is 3.22. The quantitative estimate of drug-likeness (QED) is 0.759. The molecule has 2 N–H and O–H groups in total. The number of hydrogen-bond donors (Lipinski definition) is 2. The van der Waals surface area contributed by atoms with Crippen molar-refractivity contribution in [2.75, 3.05) is 6.61 Å². The molecule has 0 fully saturated rings. The Morgan fingerprint density at radius 3 is 3.18 bits per heavy atom. The molecule has 2 rings (SSSR count). The zero-order valence-corrected chi connectivity index (χ0v) is 10.7. The van der Waals surface area contributed by atoms with E-state index in [-0.39, 0.29) is 24.0 Å². The number of halogens is 1. The SMILES string of the molecule is CCOC(=O)C1=CNC2C=CC(Br)=NC2=C1O. The maximum absolute atomic E-state index is 11.6. The van der Waals surface area contributed by atoms with Crippen molar-refractivity contribution in [1.82, 2.24) is 5.32 Å². The van der Waals surface area contributed by atoms with E-state index in [1.807, 2.05) is 6.08 Å². The molecule has 2 aliphatic heterocycles. The normalized spacial score (nSPS) is 22.4. The summed E-state index contributed by atoms with van der Waals surface area (Å²) in [6.45, 7) is 1.97. The molecule has 17 heavy (non-hydrogen) atoms. The molecule has 2 heterocycles. The van der Waals surface area contributed by atoms with Crippen molar-refractivity contribution < 1.29 is 14.6 Å². The highest BCUT2D eigenvalue weighted by atomic mass is 79.9. The van der Waals surface area contributed by atoms with E-state index in [4.69, 9.17) is 4.74 Å². The number of allylic oxidation sites excluding steroid dienone is 1. The van der Waals surface area contributed by atoms with E-state index in [2.05, 4.69) is 26.2 Å². The number of carbonyl (C=O) groups excluding carboxylic acids is 1. The average Bonchev–Trinajstić information content (AvgIpc) is 2.30. The van der Waals surface area contributed by atoms with Gasteiger partial charge in [-0.2, -0.15) is 0 Å². The van der Waals surface area contributed by atoms with E-state index >= 15 is 0 Å². The van der Waals surface area contributed by atoms with Crippen LogP contribution in [0.1, 0.15) is 6.92 Å². The van der Waals surface area contributed by atoms with Crippen molar-refractivity contribution in [1.29, 1.82) is 0 Å². The van der Waals surface area contributed by atoms with Crippen LogP contribution in [-0.4, -0.2) is 28.3 Å². The first kappa shape index (κ1) is 11.9. The first-order valence-corrected chi connectivity index (χ1v) is 5.92. The van der Waals surface area contributed by atoms with Gasteiger partial charge in [0.25, 0.3) is 0 Å². The van der Waals surface area contributed by atoms with Crippen LogP contribution in [0.25, 0.3) is 0 Å². The van der Waals surface area contributed by atoms with Crippen LogP contribution in [0.3, 0.4) is 0 Å². The number of ether oxygens (including phenoxy) is 1. The fourth-order valence-corrected chi connectivity index (χ4v) is 1.91. The smallest absolute Gasteiger partial charge is 0.343 e. The largest absolute Gasteiger partial charge is 0.505 e. The summed E-state index contributed by atoms with van der Waals surface area (Å²) in [5.41, 5.74) is 0.502. The summed E-state index contributed by atoms with van der Waals surface area (Å²) in [5.74, 6) is -0.710. The van der Waals surface area contributed by atoms with Gasteiger partial charge in [0.15, 0.2) is 5.76 Å². The maximum atomic E-state index is 11.6. The van der Waals surface area contributed by atoms with E-state index in [1.165, 1.54) is 6.20 Å². The molecular weight excluding hydrogens is 288 g/mol. The van der Waals surface area contributed by atoms with Gasteiger partial charge in [-0.1, -0.05) is 6.08 Å². The molecule has 5 nitrogen and oxygen atoms in total. The number of nitrogens with zero attached hydrogens (tertiary/aromatic N) is 1. The number of aliphatic hydroxyl groups excluding tert-OH is 1. The minimum atomic E-state index is -0.565. The molecule has 0 bridgehead atoms. The lowest BCUT2D eigenvalue weighted by atomic mass is 10.0. The molecular formula is C11H11BrN2O3. The van der Waals surface area contributed by atoms with Crippen LogP contribution < -0.4 is 5.32 Å². The molecule has 6 heteroatoms. The number of hydrogen-bond acceptors (Lipinski definition) is 5. The second-order valence-corrected chi connectivity index (χ2v) is 4.26. The Hall–Kier alpha value is -1.56. The molecule has 0 saturated carbocycles. The van der Waals surface area contributed by atoms with Crippen molar-refractivity contribution in [3.63, 3.8) is 0 Å². The van der Waals surface area contributed by atoms with Gasteiger partial charge in [0, 0.05) is 6.20 Å². The number of fused-ring (bicyclic) bond motifs is 1. The first-order chi connectivity index (χ1) is 8.13. The van der Waals surface area contributed by atoms with Crippen LogP contribution in [0.4, 0.5) is 0 Å². The van der Waals surface area contributed by atoms with E-state index in [0.717, 1.165) is 0 Å². The Bertz CT molecular complexity index is 477. The van der Waals surface area contributed by atoms with Gasteiger partial charge in [0.2, 0.25) is 0 Å². The van der Waals surface area contributed by atoms with Gasteiger partial charge in [-0.05, 0) is 28.9 Å². The van der Waals surface area contributed by atoms with Crippen molar-refractivity contribution >= 4 is 26.5 Å². The minimum absolute atomic E-state index is 0.0949. The van der Waals surface area contributed by atoms with Crippen LogP contribution in [0.5, 0.6) is 0 Å². The summed E-state index contributed by atoms with van der Waals surface area (Å²) in [5, 5.41) is 13.0. The first-order valence-electron chi connectivity index (χ1n) is 5.12. The third kappa shape index (κ3) is 2.26. The molecule has 2 aliphatic rings. The Kier molecular flexibility index (Phi) is 3.33.